The van der Waals surface area contributed by atoms with Crippen LogP contribution in [0.2, 0.25) is 0 Å². The number of rotatable bonds is 7. The van der Waals surface area contributed by atoms with Gasteiger partial charge in [-0.1, -0.05) is 6.92 Å². The lowest BCUT2D eigenvalue weighted by molar-refractivity contribution is -0.111. The number of nitrogens with one attached hydrogen (secondary N) is 1. The number of fused-ring (bicyclic) bond motifs is 1. The number of hydrogen-bond donors (Lipinski definition) is 3. The number of nitrogen functional groups attached to an aromatic ring is 1. The molecule has 9 heteroatoms. The molecule has 0 aromatic carbocycles. The summed E-state index contributed by atoms with van der Waals surface area (Å²) in [7, 11) is 0. The molecule has 3 N–H and O–H groups in total. The van der Waals surface area contributed by atoms with E-state index in [1.165, 1.54) is 6.33 Å². The Bertz CT molecular complexity index is 696. The summed E-state index contributed by atoms with van der Waals surface area (Å²) in [5.74, 6) is 0.0296. The standard InChI is InChI=1S/C12H17N5O3S/c1-2-7(3-4-8(18)21)20-6-17-5-14-9-10(17)15-12(13)16-11(9)19/h5,7H,2-4,6H2,1H3,(H,18,21)(H3,13,15,16,19). The van der Waals surface area contributed by atoms with Gasteiger partial charge in [-0.2, -0.15) is 4.98 Å². The number of imidazole rings is 1. The van der Waals surface area contributed by atoms with Gasteiger partial charge in [-0.3, -0.25) is 19.1 Å². The maximum Gasteiger partial charge on any atom is 0.280 e. The number of nitrogens with zero attached hydrogens (tertiary/aromatic N) is 3. The number of nitrogens with two attached hydrogens (primary N) is 1. The van der Waals surface area contributed by atoms with Crippen molar-refractivity contribution in [1.29, 1.82) is 0 Å². The fraction of sp³-hybridized carbons (Fsp3) is 0.500. The Morgan fingerprint density at radius 1 is 1.62 bits per heavy atom. The Morgan fingerprint density at radius 3 is 3.05 bits per heavy atom. The van der Waals surface area contributed by atoms with Crippen molar-refractivity contribution in [3.05, 3.63) is 16.7 Å². The molecule has 0 radical (unpaired) electrons. The Labute approximate surface area is 126 Å². The summed E-state index contributed by atoms with van der Waals surface area (Å²) in [6.45, 7) is 2.16. The van der Waals surface area contributed by atoms with E-state index >= 15 is 0 Å². The lowest BCUT2D eigenvalue weighted by atomic mass is 10.1. The summed E-state index contributed by atoms with van der Waals surface area (Å²) in [5.41, 5.74) is 5.72. The van der Waals surface area contributed by atoms with E-state index in [1.807, 2.05) is 6.92 Å². The predicted molar refractivity (Wildman–Crippen MR) is 81.0 cm³/mol. The van der Waals surface area contributed by atoms with Crippen molar-refractivity contribution >= 4 is 34.9 Å². The molecule has 2 aromatic heterocycles. The molecule has 21 heavy (non-hydrogen) atoms. The lowest BCUT2D eigenvalue weighted by Crippen LogP contribution is -2.16. The minimum absolute atomic E-state index is 0.0296. The van der Waals surface area contributed by atoms with E-state index in [4.69, 9.17) is 10.5 Å². The normalized spacial score (nSPS) is 12.7. The molecule has 0 spiro atoms. The monoisotopic (exact) mass is 311 g/mol. The van der Waals surface area contributed by atoms with Gasteiger partial charge >= 0.3 is 0 Å². The quantitative estimate of drug-likeness (QED) is 0.648. The Hall–Kier alpha value is -1.87. The molecule has 0 amide bonds. The van der Waals surface area contributed by atoms with Crippen LogP contribution < -0.4 is 11.3 Å². The smallest absolute Gasteiger partial charge is 0.280 e. The zero-order valence-electron chi connectivity index (χ0n) is 11.6. The number of carbonyl (C=O) groups is 1. The first-order chi connectivity index (χ1) is 10.0. The molecule has 0 aliphatic heterocycles. The molecule has 0 saturated carbocycles. The van der Waals surface area contributed by atoms with Crippen LogP contribution in [0.3, 0.4) is 0 Å². The molecule has 1 atom stereocenters. The predicted octanol–water partition coefficient (Wildman–Crippen LogP) is 0.691. The van der Waals surface area contributed by atoms with Crippen molar-refractivity contribution in [1.82, 2.24) is 19.5 Å². The summed E-state index contributed by atoms with van der Waals surface area (Å²) in [5, 5.41) is -0.161. The second kappa shape index (κ2) is 6.72. The molecule has 0 aliphatic rings. The fourth-order valence-electron chi connectivity index (χ4n) is 1.94. The van der Waals surface area contributed by atoms with Crippen LogP contribution in [0, 0.1) is 0 Å². The first-order valence-corrected chi connectivity index (χ1v) is 7.00. The highest BCUT2D eigenvalue weighted by molar-refractivity contribution is 7.96. The van der Waals surface area contributed by atoms with E-state index in [0.29, 0.717) is 18.5 Å². The molecule has 2 heterocycles. The number of hydrogen-bond acceptors (Lipinski definition) is 6. The summed E-state index contributed by atoms with van der Waals surface area (Å²) < 4.78 is 7.32. The highest BCUT2D eigenvalue weighted by atomic mass is 32.1. The van der Waals surface area contributed by atoms with E-state index in [0.717, 1.165) is 6.42 Å². The largest absolute Gasteiger partial charge is 0.369 e. The maximum absolute atomic E-state index is 11.6. The highest BCUT2D eigenvalue weighted by Gasteiger charge is 2.12. The van der Waals surface area contributed by atoms with Crippen LogP contribution in [-0.4, -0.2) is 30.7 Å². The number of carbonyl (C=O) groups excluding carboxylic acids is 1. The summed E-state index contributed by atoms with van der Waals surface area (Å²) in [4.78, 5) is 33.0. The van der Waals surface area contributed by atoms with E-state index < -0.39 is 0 Å². The SMILES string of the molecule is CCC(CCC(=O)S)OCn1cnc2c(=O)[nH]c(N)nc21. The molecule has 1 unspecified atom stereocenters. The van der Waals surface area contributed by atoms with Gasteiger partial charge in [-0.25, -0.2) is 4.98 Å². The zero-order chi connectivity index (χ0) is 15.4. The van der Waals surface area contributed by atoms with E-state index in [-0.39, 0.29) is 35.0 Å². The number of H-pyrrole nitrogens is 1. The molecule has 2 aromatic rings. The van der Waals surface area contributed by atoms with Crippen LogP contribution in [0.4, 0.5) is 5.95 Å². The van der Waals surface area contributed by atoms with Crippen LogP contribution in [0.25, 0.3) is 11.2 Å². The van der Waals surface area contributed by atoms with Crippen LogP contribution in [-0.2, 0) is 16.3 Å². The van der Waals surface area contributed by atoms with Crippen molar-refractivity contribution in [3.63, 3.8) is 0 Å². The van der Waals surface area contributed by atoms with Crippen LogP contribution >= 0.6 is 12.6 Å². The number of aromatic amines is 1. The van der Waals surface area contributed by atoms with Crippen molar-refractivity contribution in [3.8, 4) is 0 Å². The lowest BCUT2D eigenvalue weighted by Gasteiger charge is -2.15. The van der Waals surface area contributed by atoms with Crippen LogP contribution in [0.5, 0.6) is 0 Å². The van der Waals surface area contributed by atoms with Gasteiger partial charge in [0.1, 0.15) is 6.73 Å². The minimum Gasteiger partial charge on any atom is -0.369 e. The Morgan fingerprint density at radius 2 is 2.38 bits per heavy atom. The molecule has 8 nitrogen and oxygen atoms in total. The third kappa shape index (κ3) is 3.82. The second-order valence-electron chi connectivity index (χ2n) is 4.60. The number of thiol groups is 1. The fourth-order valence-corrected chi connectivity index (χ4v) is 2.07. The second-order valence-corrected chi connectivity index (χ2v) is 5.09. The van der Waals surface area contributed by atoms with Crippen molar-refractivity contribution in [2.24, 2.45) is 0 Å². The third-order valence-electron chi connectivity index (χ3n) is 3.08. The van der Waals surface area contributed by atoms with Crippen LogP contribution in [0.1, 0.15) is 26.2 Å². The van der Waals surface area contributed by atoms with E-state index in [9.17, 15) is 9.59 Å². The van der Waals surface area contributed by atoms with Gasteiger partial charge in [0, 0.05) is 6.42 Å². The first-order valence-electron chi connectivity index (χ1n) is 6.55. The van der Waals surface area contributed by atoms with Crippen LogP contribution in [0.15, 0.2) is 11.1 Å². The summed E-state index contributed by atoms with van der Waals surface area (Å²) in [6.07, 6.45) is 3.13. The molecule has 0 bridgehead atoms. The van der Waals surface area contributed by atoms with Crippen molar-refractivity contribution in [2.75, 3.05) is 5.73 Å². The molecule has 0 saturated heterocycles. The molecule has 2 rings (SSSR count). The average Bonchev–Trinajstić information content (AvgIpc) is 2.82. The molecular weight excluding hydrogens is 294 g/mol. The third-order valence-corrected chi connectivity index (χ3v) is 3.30. The zero-order valence-corrected chi connectivity index (χ0v) is 12.5. The molecule has 114 valence electrons. The topological polar surface area (TPSA) is 116 Å². The average molecular weight is 311 g/mol. The summed E-state index contributed by atoms with van der Waals surface area (Å²) in [6, 6.07) is 0. The van der Waals surface area contributed by atoms with Gasteiger partial charge in [-0.15, -0.1) is 12.6 Å². The number of aromatic nitrogens is 4. The Balaban J connectivity index is 2.09. The number of ether oxygens (including phenoxy) is 1. The van der Waals surface area contributed by atoms with Gasteiger partial charge < -0.3 is 10.5 Å². The Kier molecular flexibility index (Phi) is 4.97. The highest BCUT2D eigenvalue weighted by Crippen LogP contribution is 2.12. The van der Waals surface area contributed by atoms with Crippen molar-refractivity contribution < 1.29 is 9.53 Å². The van der Waals surface area contributed by atoms with Gasteiger partial charge in [0.05, 0.1) is 12.4 Å². The van der Waals surface area contributed by atoms with Gasteiger partial charge in [0.25, 0.3) is 5.56 Å². The number of anilines is 1. The first kappa shape index (κ1) is 15.5. The van der Waals surface area contributed by atoms with Gasteiger partial charge in [-0.05, 0) is 12.8 Å². The van der Waals surface area contributed by atoms with E-state index in [1.54, 1.807) is 4.57 Å². The van der Waals surface area contributed by atoms with Gasteiger partial charge in [0.15, 0.2) is 16.3 Å². The minimum atomic E-state index is -0.385. The molecule has 0 fully saturated rings. The van der Waals surface area contributed by atoms with Crippen molar-refractivity contribution in [2.45, 2.75) is 39.0 Å². The summed E-state index contributed by atoms with van der Waals surface area (Å²) >= 11 is 3.74. The molecule has 0 aliphatic carbocycles. The maximum atomic E-state index is 11.6. The van der Waals surface area contributed by atoms with E-state index in [2.05, 4.69) is 27.6 Å². The molecular formula is C12H17N5O3S. The van der Waals surface area contributed by atoms with Gasteiger partial charge in [0.2, 0.25) is 5.95 Å².